The Morgan fingerprint density at radius 3 is 2.85 bits per heavy atom. The van der Waals surface area contributed by atoms with Crippen LogP contribution in [-0.4, -0.2) is 74.4 Å². The van der Waals surface area contributed by atoms with Crippen molar-refractivity contribution in [3.63, 3.8) is 0 Å². The van der Waals surface area contributed by atoms with E-state index in [9.17, 15) is 0 Å². The smallest absolute Gasteiger partial charge is 0.0700 e. The van der Waals surface area contributed by atoms with Gasteiger partial charge in [-0.05, 0) is 46.2 Å². The summed E-state index contributed by atoms with van der Waals surface area (Å²) in [5.74, 6) is 0. The van der Waals surface area contributed by atoms with E-state index in [2.05, 4.69) is 36.0 Å². The van der Waals surface area contributed by atoms with Crippen molar-refractivity contribution in [2.75, 3.05) is 46.4 Å². The Labute approximate surface area is 124 Å². The number of rotatable bonds is 6. The van der Waals surface area contributed by atoms with E-state index in [0.717, 1.165) is 19.7 Å². The summed E-state index contributed by atoms with van der Waals surface area (Å²) in [4.78, 5) is 5.20. The molecule has 1 N–H and O–H groups in total. The quantitative estimate of drug-likeness (QED) is 0.801. The molecule has 0 aromatic carbocycles. The average molecular weight is 283 g/mol. The topological polar surface area (TPSA) is 27.7 Å². The molecule has 2 fully saturated rings. The number of nitrogens with zero attached hydrogens (tertiary/aromatic N) is 2. The van der Waals surface area contributed by atoms with Gasteiger partial charge in [0, 0.05) is 44.9 Å². The maximum Gasteiger partial charge on any atom is 0.0700 e. The highest BCUT2D eigenvalue weighted by Crippen LogP contribution is 2.15. The molecule has 3 unspecified atom stereocenters. The van der Waals surface area contributed by atoms with Crippen LogP contribution in [0.5, 0.6) is 0 Å². The molecule has 3 atom stereocenters. The second kappa shape index (κ2) is 8.32. The predicted molar refractivity (Wildman–Crippen MR) is 84.2 cm³/mol. The van der Waals surface area contributed by atoms with Crippen LogP contribution in [0.3, 0.4) is 0 Å². The lowest BCUT2D eigenvalue weighted by Gasteiger charge is -2.35. The number of likely N-dealkylation sites (N-methyl/N-ethyl adjacent to an activating group) is 1. The monoisotopic (exact) mass is 283 g/mol. The summed E-state index contributed by atoms with van der Waals surface area (Å²) >= 11 is 0. The molecule has 0 amide bonds. The van der Waals surface area contributed by atoms with Gasteiger partial charge < -0.3 is 15.0 Å². The Morgan fingerprint density at radius 1 is 1.30 bits per heavy atom. The molecule has 0 bridgehead atoms. The lowest BCUT2D eigenvalue weighted by molar-refractivity contribution is 0.102. The van der Waals surface area contributed by atoms with Gasteiger partial charge in [0.1, 0.15) is 0 Å². The summed E-state index contributed by atoms with van der Waals surface area (Å²) in [5.41, 5.74) is 0. The van der Waals surface area contributed by atoms with Gasteiger partial charge in [-0.15, -0.1) is 0 Å². The van der Waals surface area contributed by atoms with Gasteiger partial charge in [-0.25, -0.2) is 0 Å². The first kappa shape index (κ1) is 16.2. The molecule has 0 radical (unpaired) electrons. The van der Waals surface area contributed by atoms with Crippen LogP contribution >= 0.6 is 0 Å². The molecular weight excluding hydrogens is 250 g/mol. The van der Waals surface area contributed by atoms with Crippen LogP contribution < -0.4 is 5.32 Å². The van der Waals surface area contributed by atoms with Crippen molar-refractivity contribution in [1.29, 1.82) is 0 Å². The molecule has 20 heavy (non-hydrogen) atoms. The lowest BCUT2D eigenvalue weighted by atomic mass is 10.1. The number of ether oxygens (including phenoxy) is 1. The maximum absolute atomic E-state index is 5.67. The van der Waals surface area contributed by atoms with Crippen LogP contribution in [0.25, 0.3) is 0 Å². The minimum atomic E-state index is 0.458. The Morgan fingerprint density at radius 2 is 2.15 bits per heavy atom. The lowest BCUT2D eigenvalue weighted by Crippen LogP contribution is -2.49. The van der Waals surface area contributed by atoms with Crippen LogP contribution in [0.1, 0.15) is 39.5 Å². The summed E-state index contributed by atoms with van der Waals surface area (Å²) in [5, 5.41) is 3.62. The predicted octanol–water partition coefficient (Wildman–Crippen LogP) is 1.56. The fourth-order valence-electron chi connectivity index (χ4n) is 3.58. The molecular formula is C16H33N3O. The minimum Gasteiger partial charge on any atom is -0.377 e. The molecule has 0 aromatic heterocycles. The summed E-state index contributed by atoms with van der Waals surface area (Å²) in [6, 6.07) is 1.33. The fraction of sp³-hybridized carbons (Fsp3) is 1.00. The van der Waals surface area contributed by atoms with E-state index in [1.807, 2.05) is 0 Å². The number of hydrogen-bond acceptors (Lipinski definition) is 4. The van der Waals surface area contributed by atoms with Crippen molar-refractivity contribution in [2.45, 2.75) is 57.7 Å². The summed E-state index contributed by atoms with van der Waals surface area (Å²) < 4.78 is 5.67. The third-order valence-corrected chi connectivity index (χ3v) is 4.82. The molecule has 2 aliphatic rings. The zero-order chi connectivity index (χ0) is 14.4. The van der Waals surface area contributed by atoms with E-state index >= 15 is 0 Å². The van der Waals surface area contributed by atoms with Gasteiger partial charge >= 0.3 is 0 Å². The van der Waals surface area contributed by atoms with Gasteiger partial charge in [-0.2, -0.15) is 0 Å². The first-order chi connectivity index (χ1) is 9.70. The molecule has 2 aliphatic heterocycles. The van der Waals surface area contributed by atoms with E-state index in [-0.39, 0.29) is 0 Å². The summed E-state index contributed by atoms with van der Waals surface area (Å²) in [6.45, 7) is 11.5. The Hall–Kier alpha value is -0.160. The normalized spacial score (nSPS) is 31.4. The Kier molecular flexibility index (Phi) is 6.75. The van der Waals surface area contributed by atoms with Gasteiger partial charge in [-0.1, -0.05) is 6.92 Å². The molecule has 4 heteroatoms. The largest absolute Gasteiger partial charge is 0.377 e. The molecule has 2 rings (SSSR count). The van der Waals surface area contributed by atoms with E-state index in [1.165, 1.54) is 45.3 Å². The standard InChI is InChI=1S/C16H33N3O/c1-4-15-13-18(3)8-6-9-19(15)14(2)11-17-12-16-7-5-10-20-16/h14-17H,4-13H2,1-3H3. The van der Waals surface area contributed by atoms with Gasteiger partial charge in [-0.3, -0.25) is 4.90 Å². The van der Waals surface area contributed by atoms with Crippen LogP contribution in [-0.2, 0) is 4.74 Å². The van der Waals surface area contributed by atoms with Crippen LogP contribution in [0.2, 0.25) is 0 Å². The molecule has 0 spiro atoms. The highest BCUT2D eigenvalue weighted by Gasteiger charge is 2.25. The zero-order valence-corrected chi connectivity index (χ0v) is 13.6. The van der Waals surface area contributed by atoms with Crippen molar-refractivity contribution in [1.82, 2.24) is 15.1 Å². The summed E-state index contributed by atoms with van der Waals surface area (Å²) in [7, 11) is 2.26. The Bertz CT molecular complexity index is 268. The molecule has 118 valence electrons. The Balaban J connectivity index is 1.75. The minimum absolute atomic E-state index is 0.458. The molecule has 0 aromatic rings. The van der Waals surface area contributed by atoms with Gasteiger partial charge in [0.15, 0.2) is 0 Å². The zero-order valence-electron chi connectivity index (χ0n) is 13.6. The highest BCUT2D eigenvalue weighted by molar-refractivity contribution is 4.83. The first-order valence-electron chi connectivity index (χ1n) is 8.47. The first-order valence-corrected chi connectivity index (χ1v) is 8.47. The van der Waals surface area contributed by atoms with Crippen LogP contribution in [0.4, 0.5) is 0 Å². The number of hydrogen-bond donors (Lipinski definition) is 1. The molecule has 2 heterocycles. The van der Waals surface area contributed by atoms with E-state index in [1.54, 1.807) is 0 Å². The van der Waals surface area contributed by atoms with Gasteiger partial charge in [0.2, 0.25) is 0 Å². The molecule has 0 aliphatic carbocycles. The van der Waals surface area contributed by atoms with Crippen molar-refractivity contribution >= 4 is 0 Å². The van der Waals surface area contributed by atoms with E-state index in [4.69, 9.17) is 4.74 Å². The van der Waals surface area contributed by atoms with Crippen LogP contribution in [0.15, 0.2) is 0 Å². The maximum atomic E-state index is 5.67. The molecule has 4 nitrogen and oxygen atoms in total. The third kappa shape index (κ3) is 4.69. The van der Waals surface area contributed by atoms with E-state index in [0.29, 0.717) is 18.2 Å². The SMILES string of the molecule is CCC1CN(C)CCCN1C(C)CNCC1CCCO1. The highest BCUT2D eigenvalue weighted by atomic mass is 16.5. The van der Waals surface area contributed by atoms with Crippen molar-refractivity contribution in [3.05, 3.63) is 0 Å². The third-order valence-electron chi connectivity index (χ3n) is 4.82. The number of nitrogens with one attached hydrogen (secondary N) is 1. The molecule has 2 saturated heterocycles. The van der Waals surface area contributed by atoms with Crippen molar-refractivity contribution in [2.24, 2.45) is 0 Å². The van der Waals surface area contributed by atoms with E-state index < -0.39 is 0 Å². The fourth-order valence-corrected chi connectivity index (χ4v) is 3.58. The van der Waals surface area contributed by atoms with Gasteiger partial charge in [0.25, 0.3) is 0 Å². The molecule has 0 saturated carbocycles. The van der Waals surface area contributed by atoms with Crippen molar-refractivity contribution < 1.29 is 4.74 Å². The second-order valence-corrected chi connectivity index (χ2v) is 6.56. The second-order valence-electron chi connectivity index (χ2n) is 6.56. The van der Waals surface area contributed by atoms with Crippen LogP contribution in [0, 0.1) is 0 Å². The average Bonchev–Trinajstić information content (AvgIpc) is 2.87. The van der Waals surface area contributed by atoms with Crippen molar-refractivity contribution in [3.8, 4) is 0 Å². The van der Waals surface area contributed by atoms with Gasteiger partial charge in [0.05, 0.1) is 6.10 Å². The summed E-state index contributed by atoms with van der Waals surface area (Å²) in [6.07, 6.45) is 5.47.